The minimum absolute atomic E-state index is 0.0405. The number of hydrogen-bond acceptors (Lipinski definition) is 4. The van der Waals surface area contributed by atoms with Crippen LogP contribution < -0.4 is 0 Å². The molecule has 0 amide bonds. The fraction of sp³-hybridized carbons (Fsp3) is 0.778. The van der Waals surface area contributed by atoms with Crippen molar-refractivity contribution in [3.63, 3.8) is 0 Å². The lowest BCUT2D eigenvalue weighted by atomic mass is 9.95. The van der Waals surface area contributed by atoms with Gasteiger partial charge in [0.05, 0.1) is 6.42 Å². The van der Waals surface area contributed by atoms with Crippen LogP contribution in [0.15, 0.2) is 12.2 Å². The predicted molar refractivity (Wildman–Crippen MR) is 47.2 cm³/mol. The van der Waals surface area contributed by atoms with Crippen molar-refractivity contribution in [2.45, 2.75) is 24.4 Å². The molecule has 1 unspecified atom stereocenters. The first kappa shape index (κ1) is 13.4. The Morgan fingerprint density at radius 2 is 1.62 bits per heavy atom. The summed E-state index contributed by atoms with van der Waals surface area (Å²) in [4.78, 5) is 0. The third-order valence-electron chi connectivity index (χ3n) is 2.27. The molecule has 0 aromatic rings. The molecule has 0 saturated carbocycles. The van der Waals surface area contributed by atoms with E-state index in [0.717, 1.165) is 0 Å². The van der Waals surface area contributed by atoms with Crippen LogP contribution in [0.5, 0.6) is 0 Å². The third kappa shape index (κ3) is 3.18. The second-order valence-corrected chi connectivity index (χ2v) is 3.30. The van der Waals surface area contributed by atoms with E-state index in [-0.39, 0.29) is 6.42 Å². The van der Waals surface area contributed by atoms with Gasteiger partial charge < -0.3 is 19.3 Å². The van der Waals surface area contributed by atoms with Gasteiger partial charge in [0.15, 0.2) is 32.2 Å². The summed E-state index contributed by atoms with van der Waals surface area (Å²) in [5.74, 6) is -3.64. The highest BCUT2D eigenvalue weighted by Gasteiger charge is 2.44. The first-order valence-corrected chi connectivity index (χ1v) is 4.59. The van der Waals surface area contributed by atoms with Gasteiger partial charge in [-0.1, -0.05) is 6.08 Å². The normalized spacial score (nSPS) is 28.2. The van der Waals surface area contributed by atoms with Crippen LogP contribution in [0.1, 0.15) is 12.8 Å². The SMILES string of the molecule is OC1(OCF)C=CCC(OCF)(OCF)C1. The minimum Gasteiger partial charge on any atom is -0.362 e. The summed E-state index contributed by atoms with van der Waals surface area (Å²) in [7, 11) is 0. The van der Waals surface area contributed by atoms with Crippen LogP contribution in [0.3, 0.4) is 0 Å². The van der Waals surface area contributed by atoms with Crippen molar-refractivity contribution in [2.75, 3.05) is 20.6 Å². The molecule has 0 heterocycles. The van der Waals surface area contributed by atoms with Gasteiger partial charge in [0, 0.05) is 6.42 Å². The molecular weight excluding hydrogens is 229 g/mol. The van der Waals surface area contributed by atoms with Crippen molar-refractivity contribution in [3.8, 4) is 0 Å². The summed E-state index contributed by atoms with van der Waals surface area (Å²) in [6.45, 7) is -3.65. The molecule has 7 heteroatoms. The molecule has 1 rings (SSSR count). The van der Waals surface area contributed by atoms with Gasteiger partial charge in [0.2, 0.25) is 0 Å². The van der Waals surface area contributed by atoms with Gasteiger partial charge in [-0.2, -0.15) is 0 Å². The van der Waals surface area contributed by atoms with Crippen LogP contribution in [0.25, 0.3) is 0 Å². The number of alkyl halides is 3. The maximum atomic E-state index is 12.1. The second kappa shape index (κ2) is 5.62. The molecule has 0 aromatic carbocycles. The summed E-state index contributed by atoms with van der Waals surface area (Å²) in [6.07, 6.45) is 2.17. The van der Waals surface area contributed by atoms with E-state index in [1.165, 1.54) is 12.2 Å². The molecule has 0 aliphatic heterocycles. The van der Waals surface area contributed by atoms with E-state index in [9.17, 15) is 18.3 Å². The molecule has 4 nitrogen and oxygen atoms in total. The van der Waals surface area contributed by atoms with E-state index < -0.39 is 38.6 Å². The van der Waals surface area contributed by atoms with Crippen molar-refractivity contribution in [3.05, 3.63) is 12.2 Å². The third-order valence-corrected chi connectivity index (χ3v) is 2.27. The number of halogens is 3. The van der Waals surface area contributed by atoms with Crippen molar-refractivity contribution in [1.29, 1.82) is 0 Å². The maximum absolute atomic E-state index is 12.1. The van der Waals surface area contributed by atoms with E-state index in [2.05, 4.69) is 14.2 Å². The zero-order valence-electron chi connectivity index (χ0n) is 8.50. The summed E-state index contributed by atoms with van der Waals surface area (Å²) < 4.78 is 49.9. The van der Waals surface area contributed by atoms with E-state index in [4.69, 9.17) is 0 Å². The quantitative estimate of drug-likeness (QED) is 0.567. The average molecular weight is 242 g/mol. The highest BCUT2D eigenvalue weighted by atomic mass is 19.1. The fourth-order valence-corrected chi connectivity index (χ4v) is 1.59. The Labute approximate surface area is 90.6 Å². The topological polar surface area (TPSA) is 47.9 Å². The van der Waals surface area contributed by atoms with Gasteiger partial charge in [-0.15, -0.1) is 0 Å². The van der Waals surface area contributed by atoms with Gasteiger partial charge >= 0.3 is 0 Å². The van der Waals surface area contributed by atoms with E-state index >= 15 is 0 Å². The summed E-state index contributed by atoms with van der Waals surface area (Å²) >= 11 is 0. The summed E-state index contributed by atoms with van der Waals surface area (Å²) in [5, 5.41) is 9.71. The van der Waals surface area contributed by atoms with E-state index in [1.54, 1.807) is 0 Å². The molecule has 16 heavy (non-hydrogen) atoms. The second-order valence-electron chi connectivity index (χ2n) is 3.30. The zero-order chi connectivity index (χ0) is 12.1. The molecule has 0 radical (unpaired) electrons. The van der Waals surface area contributed by atoms with Gasteiger partial charge in [0.1, 0.15) is 0 Å². The predicted octanol–water partition coefficient (Wildman–Crippen LogP) is 1.55. The Morgan fingerprint density at radius 1 is 1.06 bits per heavy atom. The minimum atomic E-state index is -1.97. The van der Waals surface area contributed by atoms with Crippen LogP contribution in [-0.4, -0.2) is 37.3 Å². The maximum Gasteiger partial charge on any atom is 0.193 e. The largest absolute Gasteiger partial charge is 0.362 e. The van der Waals surface area contributed by atoms with E-state index in [0.29, 0.717) is 0 Å². The standard InChI is InChI=1S/C9H13F3O4/c10-5-14-8(13)2-1-3-9(4-8,15-6-11)16-7-12/h1-2,13H,3-7H2. The van der Waals surface area contributed by atoms with Crippen molar-refractivity contribution in [1.82, 2.24) is 0 Å². The van der Waals surface area contributed by atoms with Crippen LogP contribution in [0.4, 0.5) is 13.2 Å². The Kier molecular flexibility index (Phi) is 4.72. The van der Waals surface area contributed by atoms with Gasteiger partial charge in [-0.05, 0) is 6.08 Å². The Hall–Kier alpha value is -0.630. The number of rotatable bonds is 6. The number of hydrogen-bond donors (Lipinski definition) is 1. The van der Waals surface area contributed by atoms with Crippen LogP contribution >= 0.6 is 0 Å². The highest BCUT2D eigenvalue weighted by Crippen LogP contribution is 2.35. The fourth-order valence-electron chi connectivity index (χ4n) is 1.59. The molecule has 0 bridgehead atoms. The van der Waals surface area contributed by atoms with Crippen LogP contribution in [-0.2, 0) is 14.2 Å². The molecule has 1 N–H and O–H groups in total. The molecular formula is C9H13F3O4. The highest BCUT2D eigenvalue weighted by molar-refractivity contribution is 5.05. The van der Waals surface area contributed by atoms with Crippen molar-refractivity contribution < 1.29 is 32.5 Å². The van der Waals surface area contributed by atoms with Crippen LogP contribution in [0.2, 0.25) is 0 Å². The monoisotopic (exact) mass is 242 g/mol. The van der Waals surface area contributed by atoms with Gasteiger partial charge in [-0.3, -0.25) is 0 Å². The Morgan fingerprint density at radius 3 is 2.12 bits per heavy atom. The smallest absolute Gasteiger partial charge is 0.193 e. The van der Waals surface area contributed by atoms with Gasteiger partial charge in [-0.25, -0.2) is 13.2 Å². The summed E-state index contributed by atoms with van der Waals surface area (Å²) in [6, 6.07) is 0. The molecule has 0 saturated heterocycles. The Balaban J connectivity index is 2.77. The molecule has 1 aliphatic carbocycles. The molecule has 0 fully saturated rings. The lowest BCUT2D eigenvalue weighted by Crippen LogP contribution is -2.48. The number of ether oxygens (including phenoxy) is 3. The number of aliphatic hydroxyl groups is 1. The van der Waals surface area contributed by atoms with Crippen LogP contribution in [0, 0.1) is 0 Å². The lowest BCUT2D eigenvalue weighted by molar-refractivity contribution is -0.316. The average Bonchev–Trinajstić information content (AvgIpc) is 2.18. The molecule has 0 aromatic heterocycles. The first-order chi connectivity index (χ1) is 7.60. The molecule has 1 atom stereocenters. The molecule has 94 valence electrons. The lowest BCUT2D eigenvalue weighted by Gasteiger charge is -2.39. The summed E-state index contributed by atoms with van der Waals surface area (Å²) in [5.41, 5.74) is 0. The van der Waals surface area contributed by atoms with E-state index in [1.807, 2.05) is 0 Å². The Bertz CT molecular complexity index is 243. The van der Waals surface area contributed by atoms with Crippen molar-refractivity contribution in [2.24, 2.45) is 0 Å². The molecule has 0 spiro atoms. The zero-order valence-corrected chi connectivity index (χ0v) is 8.50. The van der Waals surface area contributed by atoms with Crippen molar-refractivity contribution >= 4 is 0 Å². The first-order valence-electron chi connectivity index (χ1n) is 4.59. The van der Waals surface area contributed by atoms with Gasteiger partial charge in [0.25, 0.3) is 0 Å². The molecule has 1 aliphatic rings.